The molecule has 6 nitrogen and oxygen atoms in total. The molecule has 1 saturated heterocycles. The van der Waals surface area contributed by atoms with Crippen LogP contribution in [-0.4, -0.2) is 66.0 Å². The van der Waals surface area contributed by atoms with Gasteiger partial charge in [-0.3, -0.25) is 14.5 Å². The van der Waals surface area contributed by atoms with Gasteiger partial charge in [0.2, 0.25) is 11.8 Å². The van der Waals surface area contributed by atoms with Crippen molar-refractivity contribution in [3.63, 3.8) is 0 Å². The van der Waals surface area contributed by atoms with Crippen molar-refractivity contribution in [1.82, 2.24) is 19.8 Å². The molecule has 1 aliphatic heterocycles. The van der Waals surface area contributed by atoms with Crippen molar-refractivity contribution in [1.29, 1.82) is 0 Å². The van der Waals surface area contributed by atoms with Gasteiger partial charge in [0.15, 0.2) is 0 Å². The van der Waals surface area contributed by atoms with E-state index >= 15 is 0 Å². The van der Waals surface area contributed by atoms with E-state index in [4.69, 9.17) is 6.42 Å². The van der Waals surface area contributed by atoms with E-state index in [9.17, 15) is 9.59 Å². The molecule has 33 heavy (non-hydrogen) atoms. The van der Waals surface area contributed by atoms with Crippen LogP contribution in [0.15, 0.2) is 42.5 Å². The molecule has 2 aromatic rings. The summed E-state index contributed by atoms with van der Waals surface area (Å²) in [4.78, 5) is 26.7. The maximum Gasteiger partial charge on any atom is 0.239 e. The Labute approximate surface area is 201 Å². The van der Waals surface area contributed by atoms with E-state index in [1.807, 2.05) is 6.26 Å². The van der Waals surface area contributed by atoms with Crippen molar-refractivity contribution in [3.05, 3.63) is 48.0 Å². The largest absolute Gasteiger partial charge is 0.354 e. The number of amides is 2. The molecule has 1 aliphatic rings. The summed E-state index contributed by atoms with van der Waals surface area (Å²) in [6, 6.07) is 15.8. The first kappa shape index (κ1) is 25.1. The third-order valence-electron chi connectivity index (χ3n) is 6.30. The first-order chi connectivity index (χ1) is 16.0. The van der Waals surface area contributed by atoms with Crippen LogP contribution in [0.1, 0.15) is 37.8 Å². The molecule has 1 unspecified atom stereocenters. The minimum absolute atomic E-state index is 0.0212. The highest BCUT2D eigenvalue weighted by Crippen LogP contribution is 2.31. The highest BCUT2D eigenvalue weighted by molar-refractivity contribution is 7.96. The molecule has 3 rings (SSSR count). The molecule has 1 fully saturated rings. The van der Waals surface area contributed by atoms with Crippen molar-refractivity contribution in [2.75, 3.05) is 39.0 Å². The minimum Gasteiger partial charge on any atom is -0.354 e. The van der Waals surface area contributed by atoms with E-state index in [0.717, 1.165) is 25.9 Å². The monoisotopic (exact) mass is 466 g/mol. The van der Waals surface area contributed by atoms with Crippen LogP contribution in [0.4, 0.5) is 0 Å². The summed E-state index contributed by atoms with van der Waals surface area (Å²) in [7, 11) is 0. The highest BCUT2D eigenvalue weighted by Gasteiger charge is 2.28. The van der Waals surface area contributed by atoms with Crippen LogP contribution >= 0.6 is 11.9 Å². The van der Waals surface area contributed by atoms with Gasteiger partial charge in [-0.25, -0.2) is 4.31 Å². The molecule has 7 heteroatoms. The zero-order chi connectivity index (χ0) is 23.6. The molecule has 0 radical (unpaired) electrons. The molecule has 1 heterocycles. The maximum absolute atomic E-state index is 12.4. The van der Waals surface area contributed by atoms with Crippen molar-refractivity contribution >= 4 is 34.5 Å². The lowest BCUT2D eigenvalue weighted by Gasteiger charge is -2.40. The number of hydrogen-bond donors (Lipinski definition) is 2. The molecule has 1 atom stereocenters. The van der Waals surface area contributed by atoms with Crippen LogP contribution in [0.25, 0.3) is 10.8 Å². The number of terminal acetylenes is 1. The van der Waals surface area contributed by atoms with E-state index in [1.165, 1.54) is 16.3 Å². The number of carbonyl (C=O) groups excluding carboxylic acids is 2. The van der Waals surface area contributed by atoms with Gasteiger partial charge in [0.25, 0.3) is 0 Å². The Morgan fingerprint density at radius 2 is 1.88 bits per heavy atom. The third-order valence-corrected chi connectivity index (χ3v) is 7.20. The highest BCUT2D eigenvalue weighted by atomic mass is 32.2. The van der Waals surface area contributed by atoms with Gasteiger partial charge in [-0.05, 0) is 42.4 Å². The van der Waals surface area contributed by atoms with Crippen LogP contribution in [-0.2, 0) is 9.59 Å². The lowest BCUT2D eigenvalue weighted by molar-refractivity contribution is -0.126. The van der Waals surface area contributed by atoms with Crippen molar-refractivity contribution in [2.24, 2.45) is 0 Å². The van der Waals surface area contributed by atoms with Gasteiger partial charge >= 0.3 is 0 Å². The Kier molecular flexibility index (Phi) is 9.61. The Bertz CT molecular complexity index is 976. The second-order valence-electron chi connectivity index (χ2n) is 8.35. The summed E-state index contributed by atoms with van der Waals surface area (Å²) >= 11 is 1.60. The van der Waals surface area contributed by atoms with Gasteiger partial charge in [-0.15, -0.1) is 12.3 Å². The Hall–Kier alpha value is -2.53. The van der Waals surface area contributed by atoms with Crippen LogP contribution in [0.3, 0.4) is 0 Å². The van der Waals surface area contributed by atoms with Gasteiger partial charge in [0.1, 0.15) is 0 Å². The smallest absolute Gasteiger partial charge is 0.239 e. The standard InChI is InChI=1S/C26H34N4O2S/c1-4-5-15-27-25(31)18-28-26(32)19-30(33-3)22-13-16-29(17-14-22)20(2)23-12-8-10-21-9-6-7-11-24(21)23/h1,6-12,20,22H,5,13-19H2,2-3H3,(H,27,31)(H,28,32). The van der Waals surface area contributed by atoms with Gasteiger partial charge in [0.05, 0.1) is 13.1 Å². The average molecular weight is 467 g/mol. The van der Waals surface area contributed by atoms with Crippen molar-refractivity contribution in [2.45, 2.75) is 38.3 Å². The van der Waals surface area contributed by atoms with E-state index in [2.05, 4.69) is 75.1 Å². The maximum atomic E-state index is 12.4. The van der Waals surface area contributed by atoms with Crippen LogP contribution in [0, 0.1) is 12.3 Å². The van der Waals surface area contributed by atoms with Crippen LogP contribution in [0.5, 0.6) is 0 Å². The molecule has 0 bridgehead atoms. The van der Waals surface area contributed by atoms with E-state index in [1.54, 1.807) is 11.9 Å². The summed E-state index contributed by atoms with van der Waals surface area (Å²) in [5.41, 5.74) is 1.37. The van der Waals surface area contributed by atoms with Gasteiger partial charge in [-0.2, -0.15) is 0 Å². The number of piperidine rings is 1. The summed E-state index contributed by atoms with van der Waals surface area (Å²) < 4.78 is 2.14. The first-order valence-electron chi connectivity index (χ1n) is 11.5. The molecule has 2 amide bonds. The van der Waals surface area contributed by atoms with Crippen molar-refractivity contribution < 1.29 is 9.59 Å². The van der Waals surface area contributed by atoms with Crippen LogP contribution < -0.4 is 10.6 Å². The quantitative estimate of drug-likeness (QED) is 0.320. The van der Waals surface area contributed by atoms with E-state index in [0.29, 0.717) is 25.0 Å². The number of rotatable bonds is 10. The Morgan fingerprint density at radius 1 is 1.15 bits per heavy atom. The molecule has 0 saturated carbocycles. The second kappa shape index (κ2) is 12.6. The minimum atomic E-state index is -0.218. The average Bonchev–Trinajstić information content (AvgIpc) is 2.85. The molecular weight excluding hydrogens is 432 g/mol. The van der Waals surface area contributed by atoms with Gasteiger partial charge < -0.3 is 10.6 Å². The SMILES string of the molecule is C#CCCNC(=O)CNC(=O)CN(SC)C1CCN(C(C)c2cccc3ccccc23)CC1. The third kappa shape index (κ3) is 6.97. The predicted molar refractivity (Wildman–Crippen MR) is 137 cm³/mol. The van der Waals surface area contributed by atoms with Crippen LogP contribution in [0.2, 0.25) is 0 Å². The molecule has 0 spiro atoms. The summed E-state index contributed by atoms with van der Waals surface area (Å²) in [6.07, 6.45) is 9.68. The molecule has 176 valence electrons. The normalized spacial score (nSPS) is 15.8. The second-order valence-corrected chi connectivity index (χ2v) is 9.18. The number of hydrogen-bond acceptors (Lipinski definition) is 5. The lowest BCUT2D eigenvalue weighted by atomic mass is 9.96. The molecular formula is C26H34N4O2S. The number of fused-ring (bicyclic) bond motifs is 1. The van der Waals surface area contributed by atoms with E-state index < -0.39 is 0 Å². The van der Waals surface area contributed by atoms with Gasteiger partial charge in [-0.1, -0.05) is 54.4 Å². The predicted octanol–water partition coefficient (Wildman–Crippen LogP) is 3.20. The fourth-order valence-corrected chi connectivity index (χ4v) is 5.18. The van der Waals surface area contributed by atoms with E-state index in [-0.39, 0.29) is 24.9 Å². The zero-order valence-corrected chi connectivity index (χ0v) is 20.4. The number of benzene rings is 2. The number of nitrogens with one attached hydrogen (secondary N) is 2. The first-order valence-corrected chi connectivity index (χ1v) is 12.7. The summed E-state index contributed by atoms with van der Waals surface area (Å²) in [5.74, 6) is 2.12. The fraction of sp³-hybridized carbons (Fsp3) is 0.462. The number of carbonyl (C=O) groups is 2. The number of nitrogens with zero attached hydrogens (tertiary/aromatic N) is 2. The lowest BCUT2D eigenvalue weighted by Crippen LogP contribution is -2.47. The van der Waals surface area contributed by atoms with Crippen molar-refractivity contribution in [3.8, 4) is 12.3 Å². The Morgan fingerprint density at radius 3 is 2.61 bits per heavy atom. The molecule has 0 aromatic heterocycles. The van der Waals surface area contributed by atoms with Gasteiger partial charge in [0, 0.05) is 38.1 Å². The summed E-state index contributed by atoms with van der Waals surface area (Å²) in [5, 5.41) is 8.00. The molecule has 2 N–H and O–H groups in total. The molecule has 2 aromatic carbocycles. The number of likely N-dealkylation sites (tertiary alicyclic amines) is 1. The molecule has 0 aliphatic carbocycles. The summed E-state index contributed by atoms with van der Waals surface area (Å²) in [6.45, 7) is 4.96. The Balaban J connectivity index is 1.49. The fourth-order valence-electron chi connectivity index (χ4n) is 4.43. The topological polar surface area (TPSA) is 64.7 Å². The zero-order valence-electron chi connectivity index (χ0n) is 19.5.